The highest BCUT2D eigenvalue weighted by Crippen LogP contribution is 2.26. The van der Waals surface area contributed by atoms with Gasteiger partial charge in [-0.2, -0.15) is 0 Å². The molecular formula is C18H23NO7S. The zero-order chi connectivity index (χ0) is 20.0. The Morgan fingerprint density at radius 1 is 1.37 bits per heavy atom. The van der Waals surface area contributed by atoms with E-state index in [0.29, 0.717) is 18.5 Å². The molecule has 1 fully saturated rings. The molecule has 148 valence electrons. The van der Waals surface area contributed by atoms with E-state index in [-0.39, 0.29) is 29.0 Å². The fourth-order valence-corrected chi connectivity index (χ4v) is 4.62. The minimum absolute atomic E-state index is 0.0172. The second-order valence-corrected chi connectivity index (χ2v) is 8.34. The second-order valence-electron chi connectivity index (χ2n) is 6.11. The van der Waals surface area contributed by atoms with Gasteiger partial charge in [-0.15, -0.1) is 0 Å². The van der Waals surface area contributed by atoms with Crippen LogP contribution < -0.4 is 4.74 Å². The van der Waals surface area contributed by atoms with Crippen LogP contribution in [0.5, 0.6) is 11.5 Å². The highest BCUT2D eigenvalue weighted by Gasteiger charge is 2.34. The predicted molar refractivity (Wildman–Crippen MR) is 99.1 cm³/mol. The van der Waals surface area contributed by atoms with Gasteiger partial charge in [0.2, 0.25) is 0 Å². The molecule has 0 saturated carbocycles. The van der Waals surface area contributed by atoms with E-state index in [1.807, 2.05) is 0 Å². The smallest absolute Gasteiger partial charge is 0.331 e. The first kappa shape index (κ1) is 20.8. The minimum atomic E-state index is -3.10. The number of hydrogen-bond donors (Lipinski definition) is 1. The second kappa shape index (κ2) is 8.90. The Balaban J connectivity index is 1.89. The highest BCUT2D eigenvalue weighted by atomic mass is 32.2. The number of rotatable bonds is 7. The molecule has 0 aromatic heterocycles. The zero-order valence-corrected chi connectivity index (χ0v) is 16.1. The third-order valence-corrected chi connectivity index (χ3v) is 6.01. The molecule has 27 heavy (non-hydrogen) atoms. The van der Waals surface area contributed by atoms with E-state index in [0.717, 1.165) is 6.08 Å². The molecule has 1 aromatic carbocycles. The average molecular weight is 397 g/mol. The summed E-state index contributed by atoms with van der Waals surface area (Å²) < 4.78 is 33.1. The van der Waals surface area contributed by atoms with Crippen LogP contribution >= 0.6 is 0 Å². The number of sulfone groups is 1. The lowest BCUT2D eigenvalue weighted by Gasteiger charge is -2.26. The molecule has 0 bridgehead atoms. The number of aromatic hydroxyl groups is 1. The summed E-state index contributed by atoms with van der Waals surface area (Å²) >= 11 is 0. The maximum atomic E-state index is 12.3. The van der Waals surface area contributed by atoms with E-state index < -0.39 is 28.3 Å². The molecule has 0 unspecified atom stereocenters. The Morgan fingerprint density at radius 2 is 2.11 bits per heavy atom. The largest absolute Gasteiger partial charge is 0.504 e. The molecule has 1 aliphatic heterocycles. The van der Waals surface area contributed by atoms with Crippen molar-refractivity contribution in [2.75, 3.05) is 31.8 Å². The van der Waals surface area contributed by atoms with Crippen LogP contribution in [0.1, 0.15) is 18.9 Å². The van der Waals surface area contributed by atoms with E-state index in [9.17, 15) is 23.1 Å². The molecule has 2 rings (SSSR count). The van der Waals surface area contributed by atoms with E-state index in [1.54, 1.807) is 19.1 Å². The molecule has 0 radical (unpaired) electrons. The number of amides is 1. The van der Waals surface area contributed by atoms with Crippen molar-refractivity contribution < 1.29 is 32.6 Å². The predicted octanol–water partition coefficient (Wildman–Crippen LogP) is 0.993. The summed E-state index contributed by atoms with van der Waals surface area (Å²) in [5, 5.41) is 9.53. The molecule has 1 N–H and O–H groups in total. The van der Waals surface area contributed by atoms with Crippen LogP contribution in [0, 0.1) is 0 Å². The number of phenols is 1. The van der Waals surface area contributed by atoms with Crippen LogP contribution in [0.2, 0.25) is 0 Å². The number of esters is 1. The molecule has 1 aliphatic rings. The van der Waals surface area contributed by atoms with Gasteiger partial charge < -0.3 is 19.5 Å². The van der Waals surface area contributed by atoms with Crippen LogP contribution in [0.3, 0.4) is 0 Å². The van der Waals surface area contributed by atoms with Gasteiger partial charge >= 0.3 is 5.97 Å². The Bertz CT molecular complexity index is 832. The number of ether oxygens (including phenoxy) is 2. The number of carbonyl (C=O) groups excluding carboxylic acids is 2. The minimum Gasteiger partial charge on any atom is -0.504 e. The number of methoxy groups -OCH3 is 1. The molecule has 1 amide bonds. The maximum absolute atomic E-state index is 12.3. The van der Waals surface area contributed by atoms with Gasteiger partial charge in [-0.1, -0.05) is 6.07 Å². The monoisotopic (exact) mass is 397 g/mol. The molecule has 9 heteroatoms. The maximum Gasteiger partial charge on any atom is 0.331 e. The summed E-state index contributed by atoms with van der Waals surface area (Å²) in [6.07, 6.45) is 3.03. The van der Waals surface area contributed by atoms with Crippen LogP contribution in [0.25, 0.3) is 6.08 Å². The number of nitrogens with zero attached hydrogens (tertiary/aromatic N) is 1. The van der Waals surface area contributed by atoms with Gasteiger partial charge in [0, 0.05) is 18.7 Å². The molecule has 8 nitrogen and oxygen atoms in total. The van der Waals surface area contributed by atoms with Gasteiger partial charge in [-0.05, 0) is 37.1 Å². The van der Waals surface area contributed by atoms with E-state index in [4.69, 9.17) is 9.47 Å². The molecule has 1 aromatic rings. The molecule has 1 atom stereocenters. The summed E-state index contributed by atoms with van der Waals surface area (Å²) in [6.45, 7) is 1.65. The summed E-state index contributed by atoms with van der Waals surface area (Å²) in [5.41, 5.74) is 0.610. The fraction of sp³-hybridized carbons (Fsp3) is 0.444. The highest BCUT2D eigenvalue weighted by molar-refractivity contribution is 7.91. The van der Waals surface area contributed by atoms with Crippen molar-refractivity contribution in [3.63, 3.8) is 0 Å². The van der Waals surface area contributed by atoms with E-state index in [1.165, 1.54) is 24.2 Å². The number of benzene rings is 1. The number of hydrogen-bond acceptors (Lipinski definition) is 7. The van der Waals surface area contributed by atoms with Crippen molar-refractivity contribution in [1.82, 2.24) is 4.90 Å². The Labute approximate surface area is 158 Å². The fourth-order valence-electron chi connectivity index (χ4n) is 2.89. The van der Waals surface area contributed by atoms with Crippen molar-refractivity contribution in [3.05, 3.63) is 29.8 Å². The molecule has 1 saturated heterocycles. The topological polar surface area (TPSA) is 110 Å². The van der Waals surface area contributed by atoms with Gasteiger partial charge in [0.05, 0.1) is 18.6 Å². The standard InChI is InChI=1S/C18H23NO7S/c1-3-19(14-8-9-27(23,24)12-14)17(21)11-26-18(22)7-5-13-4-6-15(20)16(10-13)25-2/h4-7,10,14,20H,3,8-9,11-12H2,1-2H3/b7-5+/t14-/m0/s1. The number of phenolic OH excluding ortho intramolecular Hbond substituents is 1. The van der Waals surface area contributed by atoms with Crippen LogP contribution in [-0.2, 0) is 24.2 Å². The van der Waals surface area contributed by atoms with Crippen LogP contribution in [0.15, 0.2) is 24.3 Å². The summed E-state index contributed by atoms with van der Waals surface area (Å²) in [4.78, 5) is 25.5. The van der Waals surface area contributed by atoms with Crippen LogP contribution in [-0.4, -0.2) is 68.1 Å². The zero-order valence-electron chi connectivity index (χ0n) is 15.3. The molecule has 0 spiro atoms. The van der Waals surface area contributed by atoms with Gasteiger partial charge in [-0.25, -0.2) is 13.2 Å². The van der Waals surface area contributed by atoms with Gasteiger partial charge in [0.1, 0.15) is 0 Å². The third kappa shape index (κ3) is 5.72. The average Bonchev–Trinajstić information content (AvgIpc) is 2.99. The Hall–Kier alpha value is -2.55. The quantitative estimate of drug-likeness (QED) is 0.540. The Kier molecular flexibility index (Phi) is 6.84. The molecule has 0 aliphatic carbocycles. The van der Waals surface area contributed by atoms with Crippen molar-refractivity contribution in [1.29, 1.82) is 0 Å². The summed E-state index contributed by atoms with van der Waals surface area (Å²) in [5.74, 6) is -0.858. The lowest BCUT2D eigenvalue weighted by molar-refractivity contribution is -0.149. The molecule has 1 heterocycles. The normalized spacial score (nSPS) is 18.4. The van der Waals surface area contributed by atoms with E-state index in [2.05, 4.69) is 0 Å². The van der Waals surface area contributed by atoms with Crippen molar-refractivity contribution in [3.8, 4) is 11.5 Å². The lowest BCUT2D eigenvalue weighted by atomic mass is 10.2. The molecular weight excluding hydrogens is 374 g/mol. The SMILES string of the molecule is CCN(C(=O)COC(=O)/C=C/c1ccc(O)c(OC)c1)[C@H]1CCS(=O)(=O)C1. The first-order valence-corrected chi connectivity index (χ1v) is 10.3. The van der Waals surface area contributed by atoms with Crippen molar-refractivity contribution >= 4 is 27.8 Å². The Morgan fingerprint density at radius 3 is 2.70 bits per heavy atom. The lowest BCUT2D eigenvalue weighted by Crippen LogP contribution is -2.43. The van der Waals surface area contributed by atoms with Crippen molar-refractivity contribution in [2.45, 2.75) is 19.4 Å². The first-order chi connectivity index (χ1) is 12.8. The summed E-state index contributed by atoms with van der Waals surface area (Å²) in [7, 11) is -1.69. The third-order valence-electron chi connectivity index (χ3n) is 4.26. The van der Waals surface area contributed by atoms with Crippen molar-refractivity contribution in [2.24, 2.45) is 0 Å². The number of carbonyl (C=O) groups is 2. The van der Waals surface area contributed by atoms with Gasteiger partial charge in [0.15, 0.2) is 27.9 Å². The van der Waals surface area contributed by atoms with E-state index >= 15 is 0 Å². The van der Waals surface area contributed by atoms with Gasteiger partial charge in [-0.3, -0.25) is 4.79 Å². The first-order valence-electron chi connectivity index (χ1n) is 8.47. The van der Waals surface area contributed by atoms with Crippen LogP contribution in [0.4, 0.5) is 0 Å². The van der Waals surface area contributed by atoms with Gasteiger partial charge in [0.25, 0.3) is 5.91 Å². The summed E-state index contributed by atoms with van der Waals surface area (Å²) in [6, 6.07) is 4.20. The number of likely N-dealkylation sites (N-methyl/N-ethyl adjacent to an activating group) is 1.